The molecule has 0 aliphatic rings. The van der Waals surface area contributed by atoms with E-state index in [-0.39, 0.29) is 11.9 Å². The van der Waals surface area contributed by atoms with Gasteiger partial charge in [0.05, 0.1) is 12.5 Å². The molecule has 0 aliphatic heterocycles. The number of ether oxygens (including phenoxy) is 2. The molecule has 0 bridgehead atoms. The van der Waals surface area contributed by atoms with Crippen LogP contribution in [0.15, 0.2) is 0 Å². The van der Waals surface area contributed by atoms with Gasteiger partial charge < -0.3 is 9.47 Å². The topological polar surface area (TPSA) is 52.6 Å². The van der Waals surface area contributed by atoms with Crippen molar-refractivity contribution < 1.29 is 19.1 Å². The van der Waals surface area contributed by atoms with Crippen LogP contribution in [0.25, 0.3) is 0 Å². The fourth-order valence-corrected chi connectivity index (χ4v) is 1.91. The van der Waals surface area contributed by atoms with Crippen LogP contribution < -0.4 is 0 Å². The molecule has 0 saturated heterocycles. The molecule has 76 valence electrons. The zero-order valence-electron chi connectivity index (χ0n) is 8.55. The quantitative estimate of drug-likeness (QED) is 0.504. The zero-order valence-corrected chi connectivity index (χ0v) is 9.55. The largest absolute Gasteiger partial charge is 0.469 e. The van der Waals surface area contributed by atoms with Crippen molar-refractivity contribution in [3.05, 3.63) is 0 Å². The average molecular weight is 204 g/mol. The predicted molar refractivity (Wildman–Crippen MR) is 50.7 cm³/mol. The third-order valence-electron chi connectivity index (χ3n) is 1.33. The lowest BCUT2D eigenvalue weighted by atomic mass is 10.8. The number of esters is 2. The highest BCUT2D eigenvalue weighted by atomic mass is 28.3. The SMILES string of the molecule is CC(=O)OC[Si](C)(C)COC(C)=O. The monoisotopic (exact) mass is 204 g/mol. The van der Waals surface area contributed by atoms with E-state index in [2.05, 4.69) is 0 Å². The van der Waals surface area contributed by atoms with Gasteiger partial charge in [0.2, 0.25) is 0 Å². The fraction of sp³-hybridized carbons (Fsp3) is 0.750. The van der Waals surface area contributed by atoms with E-state index in [9.17, 15) is 9.59 Å². The molecule has 0 rings (SSSR count). The van der Waals surface area contributed by atoms with Gasteiger partial charge in [-0.25, -0.2) is 0 Å². The highest BCUT2D eigenvalue weighted by Crippen LogP contribution is 2.03. The number of rotatable bonds is 4. The van der Waals surface area contributed by atoms with Crippen LogP contribution in [-0.2, 0) is 19.1 Å². The van der Waals surface area contributed by atoms with E-state index in [1.807, 2.05) is 13.1 Å². The molecule has 0 N–H and O–H groups in total. The summed E-state index contributed by atoms with van der Waals surface area (Å²) in [6.45, 7) is 6.74. The molecule has 13 heavy (non-hydrogen) atoms. The Balaban J connectivity index is 3.79. The molecule has 0 saturated carbocycles. The highest BCUT2D eigenvalue weighted by Gasteiger charge is 2.24. The first-order chi connectivity index (χ1) is 5.83. The number of hydrogen-bond donors (Lipinski definition) is 0. The van der Waals surface area contributed by atoms with E-state index in [0.717, 1.165) is 0 Å². The van der Waals surface area contributed by atoms with E-state index in [0.29, 0.717) is 12.5 Å². The van der Waals surface area contributed by atoms with Crippen molar-refractivity contribution in [3.8, 4) is 0 Å². The van der Waals surface area contributed by atoms with Crippen molar-refractivity contribution in [2.75, 3.05) is 12.5 Å². The maximum Gasteiger partial charge on any atom is 0.302 e. The summed E-state index contributed by atoms with van der Waals surface area (Å²) >= 11 is 0. The lowest BCUT2D eigenvalue weighted by Gasteiger charge is -2.20. The van der Waals surface area contributed by atoms with Crippen LogP contribution in [0.2, 0.25) is 13.1 Å². The molecule has 5 heteroatoms. The van der Waals surface area contributed by atoms with Crippen molar-refractivity contribution >= 4 is 20.0 Å². The van der Waals surface area contributed by atoms with Gasteiger partial charge in [-0.15, -0.1) is 0 Å². The van der Waals surface area contributed by atoms with Crippen LogP contribution in [0.5, 0.6) is 0 Å². The van der Waals surface area contributed by atoms with Crippen LogP contribution >= 0.6 is 0 Å². The molecule has 0 aromatic heterocycles. The number of carbonyl (C=O) groups excluding carboxylic acids is 2. The van der Waals surface area contributed by atoms with Crippen LogP contribution in [0.3, 0.4) is 0 Å². The van der Waals surface area contributed by atoms with Gasteiger partial charge in [0.1, 0.15) is 8.07 Å². The molecule has 0 amide bonds. The van der Waals surface area contributed by atoms with Gasteiger partial charge in [-0.3, -0.25) is 9.59 Å². The van der Waals surface area contributed by atoms with Gasteiger partial charge >= 0.3 is 11.9 Å². The highest BCUT2D eigenvalue weighted by molar-refractivity contribution is 6.77. The third kappa shape index (κ3) is 7.52. The molecular weight excluding hydrogens is 188 g/mol. The van der Waals surface area contributed by atoms with Gasteiger partial charge in [-0.1, -0.05) is 13.1 Å². The van der Waals surface area contributed by atoms with Crippen molar-refractivity contribution in [2.45, 2.75) is 26.9 Å². The van der Waals surface area contributed by atoms with E-state index < -0.39 is 8.07 Å². The lowest BCUT2D eigenvalue weighted by Crippen LogP contribution is -2.40. The molecule has 0 aliphatic carbocycles. The summed E-state index contributed by atoms with van der Waals surface area (Å²) in [7, 11) is -1.71. The molecule has 4 nitrogen and oxygen atoms in total. The smallest absolute Gasteiger partial charge is 0.302 e. The third-order valence-corrected chi connectivity index (χ3v) is 3.18. The minimum atomic E-state index is -1.71. The first kappa shape index (κ1) is 12.2. The molecule has 0 spiro atoms. The van der Waals surface area contributed by atoms with Gasteiger partial charge in [0.25, 0.3) is 0 Å². The Morgan fingerprint density at radius 1 is 1.00 bits per heavy atom. The minimum absolute atomic E-state index is 0.289. The molecule has 0 aromatic rings. The van der Waals surface area contributed by atoms with Gasteiger partial charge in [-0.05, 0) is 0 Å². The van der Waals surface area contributed by atoms with Gasteiger partial charge in [-0.2, -0.15) is 0 Å². The normalized spacial score (nSPS) is 10.8. The Labute approximate surface area is 79.2 Å². The van der Waals surface area contributed by atoms with E-state index in [4.69, 9.17) is 9.47 Å². The van der Waals surface area contributed by atoms with Crippen molar-refractivity contribution in [1.29, 1.82) is 0 Å². The second-order valence-electron chi connectivity index (χ2n) is 3.72. The lowest BCUT2D eigenvalue weighted by molar-refractivity contribution is -0.139. The van der Waals surface area contributed by atoms with Crippen molar-refractivity contribution in [1.82, 2.24) is 0 Å². The Morgan fingerprint density at radius 2 is 1.31 bits per heavy atom. The van der Waals surface area contributed by atoms with Crippen molar-refractivity contribution in [2.24, 2.45) is 0 Å². The fourth-order valence-electron chi connectivity index (χ4n) is 0.636. The summed E-state index contributed by atoms with van der Waals surface area (Å²) < 4.78 is 9.74. The second kappa shape index (κ2) is 5.01. The molecule has 0 unspecified atom stereocenters. The summed E-state index contributed by atoms with van der Waals surface area (Å²) in [5.74, 6) is -0.577. The summed E-state index contributed by atoms with van der Waals surface area (Å²) in [6, 6.07) is 0. The average Bonchev–Trinajstić information content (AvgIpc) is 1.98. The van der Waals surface area contributed by atoms with E-state index in [1.54, 1.807) is 0 Å². The molecule has 0 heterocycles. The standard InChI is InChI=1S/C8H16O4Si/c1-7(9)11-5-13(3,4)6-12-8(2)10/h5-6H2,1-4H3. The summed E-state index contributed by atoms with van der Waals surface area (Å²) in [5, 5.41) is 0. The van der Waals surface area contributed by atoms with Crippen LogP contribution in [0.1, 0.15) is 13.8 Å². The molecule has 0 aromatic carbocycles. The maximum atomic E-state index is 10.5. The van der Waals surface area contributed by atoms with Crippen LogP contribution in [0.4, 0.5) is 0 Å². The molecule has 0 radical (unpaired) electrons. The van der Waals surface area contributed by atoms with Gasteiger partial charge in [0, 0.05) is 13.8 Å². The molecular formula is C8H16O4Si. The Morgan fingerprint density at radius 3 is 1.54 bits per heavy atom. The Kier molecular flexibility index (Phi) is 4.69. The predicted octanol–water partition coefficient (Wildman–Crippen LogP) is 0.899. The first-order valence-electron chi connectivity index (χ1n) is 4.10. The van der Waals surface area contributed by atoms with Gasteiger partial charge in [0.15, 0.2) is 0 Å². The number of hydrogen-bond acceptors (Lipinski definition) is 4. The zero-order chi connectivity index (χ0) is 10.5. The maximum absolute atomic E-state index is 10.5. The molecule has 0 atom stereocenters. The van der Waals surface area contributed by atoms with Crippen LogP contribution in [-0.4, -0.2) is 32.5 Å². The summed E-state index contributed by atoms with van der Waals surface area (Å²) in [5.41, 5.74) is 0. The number of carbonyl (C=O) groups is 2. The van der Waals surface area contributed by atoms with E-state index >= 15 is 0 Å². The van der Waals surface area contributed by atoms with E-state index in [1.165, 1.54) is 13.8 Å². The summed E-state index contributed by atoms with van der Waals surface area (Å²) in [6.07, 6.45) is 0.797. The van der Waals surface area contributed by atoms with Crippen molar-refractivity contribution in [3.63, 3.8) is 0 Å². The van der Waals surface area contributed by atoms with Crippen LogP contribution in [0, 0.1) is 0 Å². The summed E-state index contributed by atoms with van der Waals surface area (Å²) in [4.78, 5) is 21.0. The first-order valence-corrected chi connectivity index (χ1v) is 7.52. The molecule has 0 fully saturated rings. The second-order valence-corrected chi connectivity index (χ2v) is 8.63. The Bertz CT molecular complexity index is 180. The minimum Gasteiger partial charge on any atom is -0.469 e. The Hall–Kier alpha value is -0.843.